The third-order valence-electron chi connectivity index (χ3n) is 2.81. The zero-order valence-electron chi connectivity index (χ0n) is 12.2. The molecule has 0 aliphatic heterocycles. The Labute approximate surface area is 120 Å². The van der Waals surface area contributed by atoms with Crippen molar-refractivity contribution in [3.8, 4) is 5.75 Å². The lowest BCUT2D eigenvalue weighted by Crippen LogP contribution is -2.44. The summed E-state index contributed by atoms with van der Waals surface area (Å²) < 4.78 is 57.4. The Balaban J connectivity index is 2.92. The fourth-order valence-corrected chi connectivity index (χ4v) is 2.06. The molecule has 0 heterocycles. The Hall–Kier alpha value is -1.79. The lowest BCUT2D eigenvalue weighted by Gasteiger charge is -2.30. The van der Waals surface area contributed by atoms with Crippen molar-refractivity contribution in [1.29, 1.82) is 0 Å². The van der Waals surface area contributed by atoms with Gasteiger partial charge < -0.3 is 9.64 Å². The normalized spacial score (nSPS) is 11.1. The molecule has 0 aliphatic carbocycles. The Morgan fingerprint density at radius 2 is 1.48 bits per heavy atom. The highest BCUT2D eigenvalue weighted by molar-refractivity contribution is 5.78. The molecule has 0 saturated carbocycles. The van der Waals surface area contributed by atoms with Crippen LogP contribution in [0.1, 0.15) is 27.7 Å². The zero-order valence-corrected chi connectivity index (χ0v) is 12.2. The van der Waals surface area contributed by atoms with Crippen molar-refractivity contribution in [3.05, 3.63) is 29.3 Å². The average molecular weight is 307 g/mol. The molecule has 3 nitrogen and oxygen atoms in total. The van der Waals surface area contributed by atoms with Crippen LogP contribution in [0.2, 0.25) is 0 Å². The molecule has 0 unspecified atom stereocenters. The van der Waals surface area contributed by atoms with Crippen molar-refractivity contribution in [1.82, 2.24) is 4.90 Å². The van der Waals surface area contributed by atoms with Crippen LogP contribution < -0.4 is 4.74 Å². The van der Waals surface area contributed by atoms with E-state index < -0.39 is 41.5 Å². The number of ether oxygens (including phenoxy) is 1. The molecule has 0 aromatic heterocycles. The second-order valence-corrected chi connectivity index (χ2v) is 5.07. The minimum Gasteiger partial charge on any atom is -0.477 e. The van der Waals surface area contributed by atoms with Crippen molar-refractivity contribution >= 4 is 5.91 Å². The molecular formula is C14H17F4NO2. The Morgan fingerprint density at radius 3 is 1.86 bits per heavy atom. The predicted molar refractivity (Wildman–Crippen MR) is 68.9 cm³/mol. The fourth-order valence-electron chi connectivity index (χ4n) is 2.06. The highest BCUT2D eigenvalue weighted by Crippen LogP contribution is 2.26. The summed E-state index contributed by atoms with van der Waals surface area (Å²) in [6, 6.07) is -0.228. The van der Waals surface area contributed by atoms with E-state index in [0.717, 1.165) is 0 Å². The third-order valence-corrected chi connectivity index (χ3v) is 2.81. The van der Waals surface area contributed by atoms with E-state index in [1.807, 2.05) is 0 Å². The molecular weight excluding hydrogens is 290 g/mol. The number of nitrogens with zero attached hydrogens (tertiary/aromatic N) is 1. The smallest absolute Gasteiger partial charge is 0.260 e. The van der Waals surface area contributed by atoms with Crippen molar-refractivity contribution in [2.75, 3.05) is 6.61 Å². The number of carbonyl (C=O) groups is 1. The molecule has 7 heteroatoms. The topological polar surface area (TPSA) is 29.5 Å². The lowest BCUT2D eigenvalue weighted by molar-refractivity contribution is -0.137. The van der Waals surface area contributed by atoms with Gasteiger partial charge in [-0.1, -0.05) is 0 Å². The molecule has 0 atom stereocenters. The first-order chi connectivity index (χ1) is 9.66. The van der Waals surface area contributed by atoms with Crippen molar-refractivity contribution in [3.63, 3.8) is 0 Å². The molecule has 1 aromatic rings. The van der Waals surface area contributed by atoms with Gasteiger partial charge in [0.15, 0.2) is 24.0 Å². The van der Waals surface area contributed by atoms with E-state index in [-0.39, 0.29) is 18.2 Å². The van der Waals surface area contributed by atoms with Crippen LogP contribution in [0, 0.1) is 23.3 Å². The maximum atomic E-state index is 13.4. The molecule has 0 bridgehead atoms. The number of rotatable bonds is 5. The summed E-state index contributed by atoms with van der Waals surface area (Å²) in [6.45, 7) is 6.34. The van der Waals surface area contributed by atoms with Gasteiger partial charge in [-0.25, -0.2) is 8.78 Å². The molecule has 0 radical (unpaired) electrons. The van der Waals surface area contributed by atoms with Gasteiger partial charge in [-0.15, -0.1) is 0 Å². The Bertz CT molecular complexity index is 498. The monoisotopic (exact) mass is 307 g/mol. The summed E-state index contributed by atoms with van der Waals surface area (Å²) in [5.41, 5.74) is 0. The molecule has 0 aliphatic rings. The summed E-state index contributed by atoms with van der Waals surface area (Å²) in [6.07, 6.45) is 0. The predicted octanol–water partition coefficient (Wildman–Crippen LogP) is 3.27. The van der Waals surface area contributed by atoms with Gasteiger partial charge in [0.2, 0.25) is 11.6 Å². The second kappa shape index (κ2) is 6.78. The first kappa shape index (κ1) is 17.3. The first-order valence-corrected chi connectivity index (χ1v) is 6.43. The number of halogens is 4. The molecule has 0 saturated heterocycles. The van der Waals surface area contributed by atoms with Gasteiger partial charge in [-0.2, -0.15) is 8.78 Å². The van der Waals surface area contributed by atoms with E-state index in [2.05, 4.69) is 4.74 Å². The molecule has 0 N–H and O–H groups in total. The van der Waals surface area contributed by atoms with Crippen LogP contribution in [0.5, 0.6) is 5.75 Å². The lowest BCUT2D eigenvalue weighted by atomic mass is 10.2. The number of amides is 1. The van der Waals surface area contributed by atoms with Gasteiger partial charge in [0.25, 0.3) is 5.91 Å². The summed E-state index contributed by atoms with van der Waals surface area (Å²) >= 11 is 0. The molecule has 1 aromatic carbocycles. The molecule has 1 rings (SSSR count). The highest BCUT2D eigenvalue weighted by Gasteiger charge is 2.24. The molecule has 0 spiro atoms. The van der Waals surface area contributed by atoms with Crippen LogP contribution in [0.25, 0.3) is 0 Å². The van der Waals surface area contributed by atoms with Crippen LogP contribution in [0.15, 0.2) is 6.07 Å². The minimum atomic E-state index is -1.66. The van der Waals surface area contributed by atoms with E-state index in [9.17, 15) is 22.4 Å². The molecule has 1 amide bonds. The van der Waals surface area contributed by atoms with Crippen LogP contribution >= 0.6 is 0 Å². The van der Waals surface area contributed by atoms with Gasteiger partial charge in [-0.05, 0) is 27.7 Å². The van der Waals surface area contributed by atoms with Crippen LogP contribution in [0.3, 0.4) is 0 Å². The minimum absolute atomic E-state index is 0.0773. The second-order valence-electron chi connectivity index (χ2n) is 5.07. The van der Waals surface area contributed by atoms with Crippen LogP contribution in [0.4, 0.5) is 17.6 Å². The number of hydrogen-bond donors (Lipinski definition) is 0. The first-order valence-electron chi connectivity index (χ1n) is 6.43. The van der Waals surface area contributed by atoms with E-state index in [1.165, 1.54) is 4.90 Å². The number of benzene rings is 1. The standard InChI is InChI=1S/C14H17F4NO2/c1-7(2)19(8(3)4)11(20)6-21-14-12(17)9(15)5-10(16)13(14)18/h5,7-8H,6H2,1-4H3. The number of hydrogen-bond acceptors (Lipinski definition) is 2. The largest absolute Gasteiger partial charge is 0.477 e. The Kier molecular flexibility index (Phi) is 5.57. The van der Waals surface area contributed by atoms with Gasteiger partial charge >= 0.3 is 0 Å². The van der Waals surface area contributed by atoms with Crippen LogP contribution in [-0.2, 0) is 4.79 Å². The maximum absolute atomic E-state index is 13.4. The molecule has 118 valence electrons. The maximum Gasteiger partial charge on any atom is 0.260 e. The summed E-state index contributed by atoms with van der Waals surface area (Å²) in [7, 11) is 0. The van der Waals surface area contributed by atoms with Gasteiger partial charge in [-0.3, -0.25) is 4.79 Å². The van der Waals surface area contributed by atoms with Crippen LogP contribution in [-0.4, -0.2) is 29.5 Å². The molecule has 21 heavy (non-hydrogen) atoms. The summed E-state index contributed by atoms with van der Waals surface area (Å²) in [4.78, 5) is 13.4. The van der Waals surface area contributed by atoms with Gasteiger partial charge in [0.05, 0.1) is 0 Å². The highest BCUT2D eigenvalue weighted by atomic mass is 19.2. The Morgan fingerprint density at radius 1 is 1.05 bits per heavy atom. The fraction of sp³-hybridized carbons (Fsp3) is 0.500. The molecule has 0 fully saturated rings. The quantitative estimate of drug-likeness (QED) is 0.617. The van der Waals surface area contributed by atoms with Gasteiger partial charge in [0, 0.05) is 18.2 Å². The van der Waals surface area contributed by atoms with Crippen molar-refractivity contribution in [2.45, 2.75) is 39.8 Å². The van der Waals surface area contributed by atoms with E-state index in [1.54, 1.807) is 27.7 Å². The van der Waals surface area contributed by atoms with E-state index >= 15 is 0 Å². The van der Waals surface area contributed by atoms with Crippen molar-refractivity contribution in [2.24, 2.45) is 0 Å². The van der Waals surface area contributed by atoms with E-state index in [4.69, 9.17) is 0 Å². The average Bonchev–Trinajstić information content (AvgIpc) is 2.35. The van der Waals surface area contributed by atoms with E-state index in [0.29, 0.717) is 0 Å². The summed E-state index contributed by atoms with van der Waals surface area (Å²) in [5.74, 6) is -8.26. The SMILES string of the molecule is CC(C)N(C(=O)COc1c(F)c(F)cc(F)c1F)C(C)C. The third kappa shape index (κ3) is 3.86. The number of carbonyl (C=O) groups excluding carboxylic acids is 1. The van der Waals surface area contributed by atoms with Gasteiger partial charge in [0.1, 0.15) is 0 Å². The van der Waals surface area contributed by atoms with Crippen molar-refractivity contribution < 1.29 is 27.1 Å². The zero-order chi connectivity index (χ0) is 16.3. The summed E-state index contributed by atoms with van der Waals surface area (Å²) in [5, 5.41) is 0.